The first-order valence-electron chi connectivity index (χ1n) is 5.95. The number of methoxy groups -OCH3 is 1. The fraction of sp³-hybridized carbons (Fsp3) is 1.00. The number of ether oxygens (including phenoxy) is 1. The van der Waals surface area contributed by atoms with Crippen molar-refractivity contribution in [2.45, 2.75) is 38.5 Å². The molecule has 0 bridgehead atoms. The van der Waals surface area contributed by atoms with Crippen LogP contribution in [0, 0.1) is 5.41 Å². The summed E-state index contributed by atoms with van der Waals surface area (Å²) in [5.74, 6) is 0. The van der Waals surface area contributed by atoms with Crippen LogP contribution in [0.1, 0.15) is 27.2 Å². The molecule has 1 rings (SSSR count). The fourth-order valence-corrected chi connectivity index (χ4v) is 3.81. The number of nitrogens with zero attached hydrogens (tertiary/aromatic N) is 1. The second-order valence-electron chi connectivity index (χ2n) is 5.53. The molecule has 0 aromatic rings. The van der Waals surface area contributed by atoms with E-state index in [1.807, 2.05) is 13.8 Å². The third-order valence-electron chi connectivity index (χ3n) is 3.55. The normalized spacial score (nSPS) is 26.4. The maximum Gasteiger partial charge on any atom is 0.219 e. The molecule has 1 aliphatic heterocycles. The zero-order chi connectivity index (χ0) is 13.3. The maximum absolute atomic E-state index is 12.3. The zero-order valence-corrected chi connectivity index (χ0v) is 13.2. The minimum absolute atomic E-state index is 0. The van der Waals surface area contributed by atoms with Crippen LogP contribution >= 0.6 is 12.4 Å². The molecule has 2 atom stereocenters. The van der Waals surface area contributed by atoms with Gasteiger partial charge in [0.25, 0.3) is 0 Å². The molecule has 0 amide bonds. The van der Waals surface area contributed by atoms with Crippen LogP contribution in [0.5, 0.6) is 0 Å². The summed E-state index contributed by atoms with van der Waals surface area (Å²) < 4.78 is 31.0. The van der Waals surface area contributed by atoms with Gasteiger partial charge in [-0.15, -0.1) is 12.4 Å². The van der Waals surface area contributed by atoms with Crippen molar-refractivity contribution in [2.75, 3.05) is 26.8 Å². The SMILES string of the molecule is COCC(C)S(=O)(=O)N1CCC(N)C(C)(C)C1.Cl. The minimum atomic E-state index is -3.27. The van der Waals surface area contributed by atoms with Crippen LogP contribution in [-0.4, -0.2) is 50.8 Å². The Kier molecular flexibility index (Phi) is 6.56. The smallest absolute Gasteiger partial charge is 0.219 e. The molecule has 1 fully saturated rings. The van der Waals surface area contributed by atoms with Gasteiger partial charge in [-0.25, -0.2) is 12.7 Å². The molecule has 0 radical (unpaired) electrons. The Morgan fingerprint density at radius 2 is 2.06 bits per heavy atom. The van der Waals surface area contributed by atoms with Gasteiger partial charge in [0.15, 0.2) is 0 Å². The lowest BCUT2D eigenvalue weighted by molar-refractivity contribution is 0.150. The topological polar surface area (TPSA) is 72.6 Å². The van der Waals surface area contributed by atoms with Crippen LogP contribution in [0.3, 0.4) is 0 Å². The van der Waals surface area contributed by atoms with E-state index >= 15 is 0 Å². The number of sulfonamides is 1. The van der Waals surface area contributed by atoms with E-state index in [2.05, 4.69) is 0 Å². The largest absolute Gasteiger partial charge is 0.383 e. The highest BCUT2D eigenvalue weighted by molar-refractivity contribution is 7.89. The van der Waals surface area contributed by atoms with E-state index in [0.29, 0.717) is 19.5 Å². The molecule has 110 valence electrons. The Labute approximate surface area is 117 Å². The monoisotopic (exact) mass is 300 g/mol. The lowest BCUT2D eigenvalue weighted by Crippen LogP contribution is -2.55. The van der Waals surface area contributed by atoms with E-state index in [1.165, 1.54) is 7.11 Å². The number of hydrogen-bond donors (Lipinski definition) is 1. The Morgan fingerprint density at radius 1 is 1.50 bits per heavy atom. The average molecular weight is 301 g/mol. The number of piperidine rings is 1. The van der Waals surface area contributed by atoms with Crippen molar-refractivity contribution >= 4 is 22.4 Å². The van der Waals surface area contributed by atoms with E-state index < -0.39 is 15.3 Å². The van der Waals surface area contributed by atoms with Crippen LogP contribution < -0.4 is 5.73 Å². The van der Waals surface area contributed by atoms with E-state index in [9.17, 15) is 8.42 Å². The number of halogens is 1. The van der Waals surface area contributed by atoms with Gasteiger partial charge < -0.3 is 10.5 Å². The summed E-state index contributed by atoms with van der Waals surface area (Å²) in [6, 6.07) is 0.0617. The summed E-state index contributed by atoms with van der Waals surface area (Å²) in [6.45, 7) is 6.94. The Bertz CT molecular complexity index is 359. The highest BCUT2D eigenvalue weighted by atomic mass is 35.5. The highest BCUT2D eigenvalue weighted by Gasteiger charge is 2.39. The Hall–Kier alpha value is 0.120. The Morgan fingerprint density at radius 3 is 2.50 bits per heavy atom. The predicted molar refractivity (Wildman–Crippen MR) is 75.5 cm³/mol. The van der Waals surface area contributed by atoms with Crippen LogP contribution in [-0.2, 0) is 14.8 Å². The highest BCUT2D eigenvalue weighted by Crippen LogP contribution is 2.30. The molecule has 0 saturated carbocycles. The quantitative estimate of drug-likeness (QED) is 0.835. The fourth-order valence-electron chi connectivity index (χ4n) is 2.12. The third kappa shape index (κ3) is 3.81. The molecular formula is C11H25ClN2O3S. The molecule has 0 aromatic heterocycles. The van der Waals surface area contributed by atoms with Crippen molar-refractivity contribution in [3.63, 3.8) is 0 Å². The first-order valence-corrected chi connectivity index (χ1v) is 7.45. The molecular weight excluding hydrogens is 276 g/mol. The lowest BCUT2D eigenvalue weighted by atomic mass is 9.81. The maximum atomic E-state index is 12.3. The van der Waals surface area contributed by atoms with Gasteiger partial charge in [-0.05, 0) is 18.8 Å². The number of nitrogens with two attached hydrogens (primary N) is 1. The average Bonchev–Trinajstić information content (AvgIpc) is 2.22. The Balaban J connectivity index is 0.00000289. The van der Waals surface area contributed by atoms with Gasteiger partial charge in [-0.3, -0.25) is 0 Å². The first-order chi connectivity index (χ1) is 7.71. The summed E-state index contributed by atoms with van der Waals surface area (Å²) in [5.41, 5.74) is 5.84. The van der Waals surface area contributed by atoms with E-state index in [1.54, 1.807) is 11.2 Å². The zero-order valence-electron chi connectivity index (χ0n) is 11.5. The minimum Gasteiger partial charge on any atom is -0.383 e. The number of hydrogen-bond acceptors (Lipinski definition) is 4. The molecule has 7 heteroatoms. The molecule has 2 N–H and O–H groups in total. The van der Waals surface area contributed by atoms with E-state index in [-0.39, 0.29) is 30.5 Å². The molecule has 1 aliphatic rings. The van der Waals surface area contributed by atoms with Gasteiger partial charge in [-0.1, -0.05) is 13.8 Å². The molecule has 1 heterocycles. The second kappa shape index (κ2) is 6.52. The van der Waals surface area contributed by atoms with Gasteiger partial charge in [0.2, 0.25) is 10.0 Å². The molecule has 0 aromatic carbocycles. The van der Waals surface area contributed by atoms with Crippen molar-refractivity contribution in [1.82, 2.24) is 4.31 Å². The van der Waals surface area contributed by atoms with Gasteiger partial charge in [0.1, 0.15) is 0 Å². The van der Waals surface area contributed by atoms with Crippen molar-refractivity contribution in [3.05, 3.63) is 0 Å². The molecule has 18 heavy (non-hydrogen) atoms. The van der Waals surface area contributed by atoms with Gasteiger partial charge in [0.05, 0.1) is 11.9 Å². The summed E-state index contributed by atoms with van der Waals surface area (Å²) in [5, 5.41) is -0.502. The molecule has 0 spiro atoms. The van der Waals surface area contributed by atoms with Gasteiger partial charge in [0, 0.05) is 26.2 Å². The van der Waals surface area contributed by atoms with Crippen LogP contribution in [0.15, 0.2) is 0 Å². The summed E-state index contributed by atoms with van der Waals surface area (Å²) in [4.78, 5) is 0. The molecule has 0 aliphatic carbocycles. The first kappa shape index (κ1) is 18.1. The second-order valence-corrected chi connectivity index (χ2v) is 7.88. The van der Waals surface area contributed by atoms with Crippen LogP contribution in [0.2, 0.25) is 0 Å². The summed E-state index contributed by atoms with van der Waals surface area (Å²) in [7, 11) is -1.75. The molecule has 2 unspecified atom stereocenters. The van der Waals surface area contributed by atoms with E-state index in [0.717, 1.165) is 0 Å². The summed E-state index contributed by atoms with van der Waals surface area (Å²) >= 11 is 0. The van der Waals surface area contributed by atoms with Crippen LogP contribution in [0.4, 0.5) is 0 Å². The van der Waals surface area contributed by atoms with E-state index in [4.69, 9.17) is 10.5 Å². The van der Waals surface area contributed by atoms with Gasteiger partial charge >= 0.3 is 0 Å². The molecule has 5 nitrogen and oxygen atoms in total. The summed E-state index contributed by atoms with van der Waals surface area (Å²) in [6.07, 6.45) is 0.714. The van der Waals surface area contributed by atoms with Gasteiger partial charge in [-0.2, -0.15) is 0 Å². The third-order valence-corrected chi connectivity index (χ3v) is 5.73. The predicted octanol–water partition coefficient (Wildman–Crippen LogP) is 0.832. The van der Waals surface area contributed by atoms with Crippen molar-refractivity contribution in [1.29, 1.82) is 0 Å². The number of rotatable bonds is 4. The van der Waals surface area contributed by atoms with Crippen molar-refractivity contribution < 1.29 is 13.2 Å². The van der Waals surface area contributed by atoms with Crippen LogP contribution in [0.25, 0.3) is 0 Å². The standard InChI is InChI=1S/C11H24N2O3S.ClH/c1-9(7-16-4)17(14,15)13-6-5-10(12)11(2,3)8-13;/h9-10H,5-8,12H2,1-4H3;1H. The molecule has 1 saturated heterocycles. The lowest BCUT2D eigenvalue weighted by Gasteiger charge is -2.42. The van der Waals surface area contributed by atoms with Crippen molar-refractivity contribution in [2.24, 2.45) is 11.1 Å². The van der Waals surface area contributed by atoms with Crippen molar-refractivity contribution in [3.8, 4) is 0 Å².